The van der Waals surface area contributed by atoms with E-state index in [0.717, 1.165) is 23.1 Å². The molecule has 4 rings (SSSR count). The number of aromatic hydroxyl groups is 1. The fourth-order valence-corrected chi connectivity index (χ4v) is 3.70. The van der Waals surface area contributed by atoms with Crippen LogP contribution in [0.5, 0.6) is 5.88 Å². The van der Waals surface area contributed by atoms with Crippen LogP contribution in [0.15, 0.2) is 46.6 Å². The van der Waals surface area contributed by atoms with Gasteiger partial charge in [0.2, 0.25) is 5.88 Å². The Morgan fingerprint density at radius 2 is 1.96 bits per heavy atom. The lowest BCUT2D eigenvalue weighted by Crippen LogP contribution is -2.22. The third-order valence-electron chi connectivity index (χ3n) is 4.22. The summed E-state index contributed by atoms with van der Waals surface area (Å²) in [4.78, 5) is 0. The number of thioether (sulfide) groups is 1. The first-order valence-corrected chi connectivity index (χ1v) is 8.98. The van der Waals surface area contributed by atoms with E-state index in [-0.39, 0.29) is 28.5 Å². The van der Waals surface area contributed by atoms with E-state index in [0.29, 0.717) is 5.69 Å². The quantitative estimate of drug-likeness (QED) is 0.616. The summed E-state index contributed by atoms with van der Waals surface area (Å²) in [7, 11) is 0. The number of nitrogens with zero attached hydrogens (tertiary/aromatic N) is 3. The van der Waals surface area contributed by atoms with Gasteiger partial charge >= 0.3 is 0 Å². The molecule has 2 heterocycles. The Hall–Kier alpha value is -2.41. The lowest BCUT2D eigenvalue weighted by molar-refractivity contribution is 0.404. The minimum atomic E-state index is -0.711. The summed E-state index contributed by atoms with van der Waals surface area (Å²) in [5, 5.41) is 19.1. The number of benzene rings is 2. The van der Waals surface area contributed by atoms with Gasteiger partial charge in [0.25, 0.3) is 0 Å². The van der Waals surface area contributed by atoms with Crippen molar-refractivity contribution in [2.45, 2.75) is 13.0 Å². The first-order chi connectivity index (χ1) is 12.0. The van der Waals surface area contributed by atoms with Crippen molar-refractivity contribution in [1.82, 2.24) is 4.57 Å². The zero-order valence-electron chi connectivity index (χ0n) is 13.4. The number of hydrogen-bond donors (Lipinski definition) is 1. The number of fused-ring (bicyclic) bond motifs is 1. The molecule has 0 amide bonds. The molecule has 1 fully saturated rings. The van der Waals surface area contributed by atoms with Gasteiger partial charge in [0.15, 0.2) is 11.5 Å². The molecule has 4 nitrogen and oxygen atoms in total. The maximum atomic E-state index is 14.4. The fourth-order valence-electron chi connectivity index (χ4n) is 2.96. The maximum Gasteiger partial charge on any atom is 0.221 e. The van der Waals surface area contributed by atoms with Crippen molar-refractivity contribution in [3.8, 4) is 5.88 Å². The van der Waals surface area contributed by atoms with Gasteiger partial charge in [-0.25, -0.2) is 8.78 Å². The molecule has 2 aromatic carbocycles. The van der Waals surface area contributed by atoms with Gasteiger partial charge in [-0.1, -0.05) is 12.1 Å². The van der Waals surface area contributed by atoms with Gasteiger partial charge in [0, 0.05) is 23.0 Å². The Labute approximate surface area is 147 Å². The van der Waals surface area contributed by atoms with Gasteiger partial charge in [0.05, 0.1) is 17.2 Å². The van der Waals surface area contributed by atoms with E-state index < -0.39 is 11.6 Å². The summed E-state index contributed by atoms with van der Waals surface area (Å²) in [5.41, 5.74) is 1.89. The Morgan fingerprint density at radius 3 is 2.64 bits per heavy atom. The van der Waals surface area contributed by atoms with Gasteiger partial charge in [-0.2, -0.15) is 16.9 Å². The summed E-state index contributed by atoms with van der Waals surface area (Å²) in [6.45, 7) is 1.93. The molecule has 1 aliphatic rings. The molecular weight excluding hydrogens is 344 g/mol. The number of hydrogen-bond acceptors (Lipinski definition) is 4. The van der Waals surface area contributed by atoms with Crippen LogP contribution in [0.2, 0.25) is 0 Å². The van der Waals surface area contributed by atoms with E-state index in [1.807, 2.05) is 25.1 Å². The van der Waals surface area contributed by atoms with Gasteiger partial charge in [-0.05, 0) is 30.7 Å². The fraction of sp³-hybridized carbons (Fsp3) is 0.222. The van der Waals surface area contributed by atoms with E-state index in [1.165, 1.54) is 10.6 Å². The highest BCUT2D eigenvalue weighted by atomic mass is 32.2. The number of aromatic nitrogens is 1. The van der Waals surface area contributed by atoms with Crippen molar-refractivity contribution >= 4 is 34.0 Å². The predicted molar refractivity (Wildman–Crippen MR) is 95.2 cm³/mol. The zero-order valence-corrected chi connectivity index (χ0v) is 14.2. The molecule has 0 unspecified atom stereocenters. The first-order valence-electron chi connectivity index (χ1n) is 7.82. The van der Waals surface area contributed by atoms with Crippen LogP contribution in [0.4, 0.5) is 20.2 Å². The van der Waals surface area contributed by atoms with Gasteiger partial charge in [-0.15, -0.1) is 5.11 Å². The average Bonchev–Trinajstić information content (AvgIpc) is 2.77. The molecule has 25 heavy (non-hydrogen) atoms. The SMILES string of the molecule is Cc1cccc(N=Nc2c(O)n(C3CSC3)c3c(F)cc(F)cc23)c1. The third kappa shape index (κ3) is 2.78. The standard InChI is InChI=1S/C18H15F2N3OS/c1-10-3-2-4-12(5-10)21-22-16-14-6-11(19)7-15(20)17(14)23(18(16)24)13-8-25-9-13/h2-7,13,24H,8-9H2,1H3. The van der Waals surface area contributed by atoms with E-state index in [4.69, 9.17) is 0 Å². The summed E-state index contributed by atoms with van der Waals surface area (Å²) >= 11 is 1.70. The van der Waals surface area contributed by atoms with Crippen LogP contribution < -0.4 is 0 Å². The Morgan fingerprint density at radius 1 is 1.16 bits per heavy atom. The molecule has 1 aliphatic heterocycles. The monoisotopic (exact) mass is 359 g/mol. The van der Waals surface area contributed by atoms with Crippen LogP contribution in [-0.4, -0.2) is 21.2 Å². The second-order valence-electron chi connectivity index (χ2n) is 6.06. The molecular formula is C18H15F2N3OS. The largest absolute Gasteiger partial charge is 0.493 e. The summed E-state index contributed by atoms with van der Waals surface area (Å²) in [6.07, 6.45) is 0. The second-order valence-corrected chi connectivity index (χ2v) is 7.13. The maximum absolute atomic E-state index is 14.4. The van der Waals surface area contributed by atoms with Crippen molar-refractivity contribution in [2.24, 2.45) is 10.2 Å². The molecule has 1 saturated heterocycles. The molecule has 0 saturated carbocycles. The number of rotatable bonds is 3. The molecule has 1 aromatic heterocycles. The summed E-state index contributed by atoms with van der Waals surface area (Å²) < 4.78 is 29.6. The summed E-state index contributed by atoms with van der Waals surface area (Å²) in [5.74, 6) is -0.0665. The molecule has 0 atom stereocenters. The van der Waals surface area contributed by atoms with E-state index in [9.17, 15) is 13.9 Å². The van der Waals surface area contributed by atoms with Crippen molar-refractivity contribution in [1.29, 1.82) is 0 Å². The van der Waals surface area contributed by atoms with E-state index in [1.54, 1.807) is 17.8 Å². The van der Waals surface area contributed by atoms with Gasteiger partial charge in [-0.3, -0.25) is 0 Å². The Balaban J connectivity index is 1.89. The highest BCUT2D eigenvalue weighted by Gasteiger charge is 2.29. The molecule has 0 spiro atoms. The number of halogens is 2. The Bertz CT molecular complexity index is 996. The molecule has 128 valence electrons. The van der Waals surface area contributed by atoms with Crippen LogP contribution in [0.1, 0.15) is 11.6 Å². The normalized spacial score (nSPS) is 15.2. The highest BCUT2D eigenvalue weighted by molar-refractivity contribution is 8.00. The van der Waals surface area contributed by atoms with Crippen LogP contribution in [0, 0.1) is 18.6 Å². The van der Waals surface area contributed by atoms with Crippen LogP contribution in [-0.2, 0) is 0 Å². The molecule has 7 heteroatoms. The van der Waals surface area contributed by atoms with Crippen LogP contribution in [0.25, 0.3) is 10.9 Å². The molecule has 0 radical (unpaired) electrons. The Kier molecular flexibility index (Phi) is 3.95. The minimum Gasteiger partial charge on any atom is -0.493 e. The third-order valence-corrected chi connectivity index (χ3v) is 5.46. The average molecular weight is 359 g/mol. The van der Waals surface area contributed by atoms with E-state index >= 15 is 0 Å². The molecule has 0 aliphatic carbocycles. The second kappa shape index (κ2) is 6.15. The van der Waals surface area contributed by atoms with Gasteiger partial charge in [0.1, 0.15) is 5.82 Å². The predicted octanol–water partition coefficient (Wildman–Crippen LogP) is 5.64. The molecule has 3 aromatic rings. The van der Waals surface area contributed by atoms with E-state index in [2.05, 4.69) is 10.2 Å². The van der Waals surface area contributed by atoms with Crippen molar-refractivity contribution in [3.63, 3.8) is 0 Å². The number of azo groups is 1. The lowest BCUT2D eigenvalue weighted by Gasteiger charge is -2.27. The topological polar surface area (TPSA) is 49.9 Å². The van der Waals surface area contributed by atoms with Crippen molar-refractivity contribution in [3.05, 3.63) is 53.6 Å². The highest BCUT2D eigenvalue weighted by Crippen LogP contribution is 2.45. The first kappa shape index (κ1) is 16.1. The van der Waals surface area contributed by atoms with Crippen LogP contribution in [0.3, 0.4) is 0 Å². The van der Waals surface area contributed by atoms with Crippen LogP contribution >= 0.6 is 11.8 Å². The van der Waals surface area contributed by atoms with Gasteiger partial charge < -0.3 is 9.67 Å². The molecule has 1 N–H and O–H groups in total. The molecule has 0 bridgehead atoms. The summed E-state index contributed by atoms with van der Waals surface area (Å²) in [6, 6.07) is 9.37. The smallest absolute Gasteiger partial charge is 0.221 e. The number of aryl methyl sites for hydroxylation is 1. The zero-order chi connectivity index (χ0) is 17.6. The lowest BCUT2D eigenvalue weighted by atomic mass is 10.2. The van der Waals surface area contributed by atoms with Crippen molar-refractivity contribution in [2.75, 3.05) is 11.5 Å². The minimum absolute atomic E-state index is 0.0321. The van der Waals surface area contributed by atoms with Crippen molar-refractivity contribution < 1.29 is 13.9 Å².